The minimum absolute atomic E-state index is 0.250. The molecule has 0 aromatic carbocycles. The van der Waals surface area contributed by atoms with Crippen molar-refractivity contribution in [2.45, 2.75) is 19.9 Å². The van der Waals surface area contributed by atoms with Gasteiger partial charge in [0, 0.05) is 24.6 Å². The first-order valence-electron chi connectivity index (χ1n) is 5.01. The number of nitrogens with one attached hydrogen (secondary N) is 2. The van der Waals surface area contributed by atoms with E-state index in [4.69, 9.17) is 0 Å². The number of aromatic amines is 1. The van der Waals surface area contributed by atoms with Crippen molar-refractivity contribution in [3.8, 4) is 0 Å². The molecule has 2 N–H and O–H groups in total. The van der Waals surface area contributed by atoms with Crippen LogP contribution in [0.15, 0.2) is 29.6 Å². The third-order valence-corrected chi connectivity index (χ3v) is 2.10. The van der Waals surface area contributed by atoms with Crippen LogP contribution in [-0.2, 0) is 0 Å². The lowest BCUT2D eigenvalue weighted by atomic mass is 10.4. The molecule has 84 valence electrons. The van der Waals surface area contributed by atoms with Gasteiger partial charge in [0.05, 0.1) is 11.9 Å². The first kappa shape index (κ1) is 10.4. The van der Waals surface area contributed by atoms with Gasteiger partial charge in [-0.25, -0.2) is 4.98 Å². The quantitative estimate of drug-likeness (QED) is 0.815. The summed E-state index contributed by atoms with van der Waals surface area (Å²) in [4.78, 5) is 17.8. The molecule has 0 unspecified atom stereocenters. The molecule has 0 aliphatic carbocycles. The Morgan fingerprint density at radius 3 is 2.94 bits per heavy atom. The van der Waals surface area contributed by atoms with Crippen LogP contribution in [0.5, 0.6) is 0 Å². The summed E-state index contributed by atoms with van der Waals surface area (Å²) < 4.78 is 1.81. The molecule has 6 heteroatoms. The smallest absolute Gasteiger partial charge is 0.291 e. The highest BCUT2D eigenvalue weighted by atomic mass is 16.1. The van der Waals surface area contributed by atoms with Gasteiger partial charge in [-0.2, -0.15) is 5.10 Å². The van der Waals surface area contributed by atoms with Gasteiger partial charge in [-0.1, -0.05) is 0 Å². The van der Waals surface area contributed by atoms with Gasteiger partial charge in [0.1, 0.15) is 0 Å². The molecular weight excluding hydrogens is 206 g/mol. The Labute approximate surface area is 92.3 Å². The maximum absolute atomic E-state index is 11.4. The molecule has 0 saturated heterocycles. The second-order valence-corrected chi connectivity index (χ2v) is 3.69. The van der Waals surface area contributed by atoms with E-state index in [0.29, 0.717) is 0 Å². The van der Waals surface area contributed by atoms with Gasteiger partial charge in [0.25, 0.3) is 5.56 Å². The van der Waals surface area contributed by atoms with Crippen LogP contribution in [0.2, 0.25) is 0 Å². The standard InChI is InChI=1S/C10H13N5O/c1-7(2)15-6-8(5-13-15)14-9-10(16)12-4-3-11-9/h3-7H,1-2H3,(H,11,14)(H,12,16). The van der Waals surface area contributed by atoms with Crippen molar-refractivity contribution in [3.63, 3.8) is 0 Å². The van der Waals surface area contributed by atoms with Gasteiger partial charge >= 0.3 is 0 Å². The Balaban J connectivity index is 2.21. The predicted molar refractivity (Wildman–Crippen MR) is 60.8 cm³/mol. The summed E-state index contributed by atoms with van der Waals surface area (Å²) >= 11 is 0. The van der Waals surface area contributed by atoms with Gasteiger partial charge in [-0.15, -0.1) is 0 Å². The van der Waals surface area contributed by atoms with E-state index in [9.17, 15) is 4.79 Å². The first-order valence-corrected chi connectivity index (χ1v) is 5.01. The molecular formula is C10H13N5O. The zero-order valence-corrected chi connectivity index (χ0v) is 9.14. The van der Waals surface area contributed by atoms with Crippen molar-refractivity contribution in [2.75, 3.05) is 5.32 Å². The third kappa shape index (κ3) is 2.10. The normalized spacial score (nSPS) is 10.7. The van der Waals surface area contributed by atoms with Crippen LogP contribution in [0.4, 0.5) is 11.5 Å². The fourth-order valence-electron chi connectivity index (χ4n) is 1.26. The molecule has 0 atom stereocenters. The van der Waals surface area contributed by atoms with Crippen molar-refractivity contribution >= 4 is 11.5 Å². The fraction of sp³-hybridized carbons (Fsp3) is 0.300. The van der Waals surface area contributed by atoms with Gasteiger partial charge in [-0.05, 0) is 13.8 Å². The van der Waals surface area contributed by atoms with Crippen LogP contribution in [-0.4, -0.2) is 19.7 Å². The highest BCUT2D eigenvalue weighted by Gasteiger charge is 2.04. The first-order chi connectivity index (χ1) is 7.66. The monoisotopic (exact) mass is 219 g/mol. The van der Waals surface area contributed by atoms with Crippen molar-refractivity contribution in [1.29, 1.82) is 0 Å². The molecule has 16 heavy (non-hydrogen) atoms. The Bertz CT molecular complexity index is 528. The van der Waals surface area contributed by atoms with E-state index in [2.05, 4.69) is 20.4 Å². The van der Waals surface area contributed by atoms with Crippen LogP contribution >= 0.6 is 0 Å². The van der Waals surface area contributed by atoms with Crippen LogP contribution in [0, 0.1) is 0 Å². The lowest BCUT2D eigenvalue weighted by Crippen LogP contribution is -2.12. The van der Waals surface area contributed by atoms with Crippen LogP contribution < -0.4 is 10.9 Å². The predicted octanol–water partition coefficient (Wildman–Crippen LogP) is 1.29. The van der Waals surface area contributed by atoms with Gasteiger partial charge < -0.3 is 10.3 Å². The Kier molecular flexibility index (Phi) is 2.72. The third-order valence-electron chi connectivity index (χ3n) is 2.10. The molecule has 0 amide bonds. The molecule has 0 radical (unpaired) electrons. The molecule has 6 nitrogen and oxygen atoms in total. The number of anilines is 2. The van der Waals surface area contributed by atoms with E-state index in [0.717, 1.165) is 5.69 Å². The average molecular weight is 219 g/mol. The number of hydrogen-bond acceptors (Lipinski definition) is 4. The lowest BCUT2D eigenvalue weighted by Gasteiger charge is -2.03. The summed E-state index contributed by atoms with van der Waals surface area (Å²) in [5, 5.41) is 7.06. The molecule has 0 bridgehead atoms. The van der Waals surface area contributed by atoms with Crippen molar-refractivity contribution in [2.24, 2.45) is 0 Å². The maximum Gasteiger partial charge on any atom is 0.291 e. The van der Waals surface area contributed by atoms with E-state index < -0.39 is 0 Å². The van der Waals surface area contributed by atoms with Crippen LogP contribution in [0.1, 0.15) is 19.9 Å². The molecule has 0 saturated carbocycles. The number of H-pyrrole nitrogens is 1. The number of nitrogens with zero attached hydrogens (tertiary/aromatic N) is 3. The van der Waals surface area contributed by atoms with E-state index in [-0.39, 0.29) is 17.4 Å². The minimum atomic E-state index is -0.250. The van der Waals surface area contributed by atoms with Gasteiger partial charge in [0.2, 0.25) is 0 Å². The van der Waals surface area contributed by atoms with Crippen molar-refractivity contribution in [3.05, 3.63) is 35.1 Å². The molecule has 2 heterocycles. The average Bonchev–Trinajstić information content (AvgIpc) is 2.70. The largest absolute Gasteiger partial charge is 0.333 e. The zero-order chi connectivity index (χ0) is 11.5. The number of rotatable bonds is 3. The Hall–Kier alpha value is -2.11. The second kappa shape index (κ2) is 4.18. The Morgan fingerprint density at radius 2 is 2.31 bits per heavy atom. The maximum atomic E-state index is 11.4. The van der Waals surface area contributed by atoms with E-state index >= 15 is 0 Å². The number of hydrogen-bond donors (Lipinski definition) is 2. The molecule has 0 spiro atoms. The van der Waals surface area contributed by atoms with E-state index in [1.165, 1.54) is 12.4 Å². The van der Waals surface area contributed by atoms with Crippen molar-refractivity contribution in [1.82, 2.24) is 19.7 Å². The summed E-state index contributed by atoms with van der Waals surface area (Å²) in [5.41, 5.74) is 0.498. The molecule has 2 aromatic heterocycles. The van der Waals surface area contributed by atoms with Crippen molar-refractivity contribution < 1.29 is 0 Å². The van der Waals surface area contributed by atoms with Gasteiger partial charge in [-0.3, -0.25) is 9.48 Å². The van der Waals surface area contributed by atoms with E-state index in [1.807, 2.05) is 20.0 Å². The molecule has 0 aliphatic rings. The highest BCUT2D eigenvalue weighted by Crippen LogP contribution is 2.12. The van der Waals surface area contributed by atoms with Crippen LogP contribution in [0.25, 0.3) is 0 Å². The second-order valence-electron chi connectivity index (χ2n) is 3.69. The zero-order valence-electron chi connectivity index (χ0n) is 9.14. The Morgan fingerprint density at radius 1 is 1.50 bits per heavy atom. The highest BCUT2D eigenvalue weighted by molar-refractivity contribution is 5.52. The molecule has 0 aliphatic heterocycles. The topological polar surface area (TPSA) is 75.6 Å². The summed E-state index contributed by atoms with van der Waals surface area (Å²) in [7, 11) is 0. The molecule has 2 rings (SSSR count). The molecule has 2 aromatic rings. The SMILES string of the molecule is CC(C)n1cc(Nc2ncc[nH]c2=O)cn1. The lowest BCUT2D eigenvalue weighted by molar-refractivity contribution is 0.532. The molecule has 0 fully saturated rings. The van der Waals surface area contributed by atoms with E-state index in [1.54, 1.807) is 10.9 Å². The van der Waals surface area contributed by atoms with Gasteiger partial charge in [0.15, 0.2) is 5.82 Å². The summed E-state index contributed by atoms with van der Waals surface area (Å²) in [6.45, 7) is 4.06. The summed E-state index contributed by atoms with van der Waals surface area (Å²) in [6.07, 6.45) is 6.51. The summed E-state index contributed by atoms with van der Waals surface area (Å²) in [5.74, 6) is 0.269. The number of aromatic nitrogens is 4. The summed E-state index contributed by atoms with van der Waals surface area (Å²) in [6, 6.07) is 0.289. The fourth-order valence-corrected chi connectivity index (χ4v) is 1.26. The minimum Gasteiger partial charge on any atom is -0.333 e. The van der Waals surface area contributed by atoms with Crippen LogP contribution in [0.3, 0.4) is 0 Å².